The zero-order valence-electron chi connectivity index (χ0n) is 15.6. The van der Waals surface area contributed by atoms with E-state index >= 15 is 0 Å². The molecule has 4 rings (SSSR count). The number of rotatable bonds is 6. The maximum Gasteiger partial charge on any atom is 0.339 e. The molecule has 4 aromatic rings. The van der Waals surface area contributed by atoms with Crippen LogP contribution in [0.5, 0.6) is 0 Å². The highest BCUT2D eigenvalue weighted by Crippen LogP contribution is 2.26. The summed E-state index contributed by atoms with van der Waals surface area (Å²) in [6, 6.07) is 8.53. The van der Waals surface area contributed by atoms with Gasteiger partial charge in [0.25, 0.3) is 5.56 Å². The number of thiazole rings is 1. The zero-order chi connectivity index (χ0) is 20.4. The SMILES string of the molecule is Cc1nc(CSc2ccccc2C(=O)OCc2cc(=O)n3c(C)csc3n2)no1. The Morgan fingerprint density at radius 1 is 1.28 bits per heavy atom. The Labute approximate surface area is 173 Å². The molecule has 3 aromatic heterocycles. The number of benzene rings is 1. The summed E-state index contributed by atoms with van der Waals surface area (Å²) in [6.45, 7) is 3.49. The van der Waals surface area contributed by atoms with E-state index in [2.05, 4.69) is 15.1 Å². The van der Waals surface area contributed by atoms with Gasteiger partial charge in [-0.1, -0.05) is 17.3 Å². The number of thioether (sulfide) groups is 1. The van der Waals surface area contributed by atoms with Crippen LogP contribution in [0.4, 0.5) is 0 Å². The molecule has 0 saturated heterocycles. The topological polar surface area (TPSA) is 99.6 Å². The Hall–Kier alpha value is -2.98. The lowest BCUT2D eigenvalue weighted by Gasteiger charge is -2.08. The number of aromatic nitrogens is 4. The first-order chi connectivity index (χ1) is 14.0. The Balaban J connectivity index is 1.47. The van der Waals surface area contributed by atoms with Crippen molar-refractivity contribution in [3.8, 4) is 0 Å². The fourth-order valence-electron chi connectivity index (χ4n) is 2.70. The van der Waals surface area contributed by atoms with E-state index in [4.69, 9.17) is 9.26 Å². The normalized spacial score (nSPS) is 11.1. The molecule has 0 radical (unpaired) electrons. The average molecular weight is 428 g/mol. The number of carbonyl (C=O) groups excluding carboxylic acids is 1. The van der Waals surface area contributed by atoms with Gasteiger partial charge in [-0.3, -0.25) is 9.20 Å². The predicted octanol–water partition coefficient (Wildman–Crippen LogP) is 3.41. The van der Waals surface area contributed by atoms with E-state index in [1.165, 1.54) is 33.6 Å². The number of hydrogen-bond acceptors (Lipinski definition) is 9. The van der Waals surface area contributed by atoms with Crippen molar-refractivity contribution in [2.45, 2.75) is 31.1 Å². The lowest BCUT2D eigenvalue weighted by Crippen LogP contribution is -2.16. The number of ether oxygens (including phenoxy) is 1. The van der Waals surface area contributed by atoms with E-state index in [1.54, 1.807) is 19.1 Å². The minimum absolute atomic E-state index is 0.0788. The molecular formula is C19H16N4O4S2. The monoisotopic (exact) mass is 428 g/mol. The number of aryl methyl sites for hydroxylation is 2. The number of hydrogen-bond donors (Lipinski definition) is 0. The van der Waals surface area contributed by atoms with E-state index < -0.39 is 5.97 Å². The first-order valence-electron chi connectivity index (χ1n) is 8.66. The molecule has 0 N–H and O–H groups in total. The summed E-state index contributed by atoms with van der Waals surface area (Å²) in [5.41, 5.74) is 1.49. The molecule has 10 heteroatoms. The molecule has 0 amide bonds. The second-order valence-corrected chi connectivity index (χ2v) is 8.03. The Morgan fingerprint density at radius 3 is 2.90 bits per heavy atom. The molecule has 1 aromatic carbocycles. The van der Waals surface area contributed by atoms with Crippen LogP contribution in [-0.2, 0) is 17.1 Å². The van der Waals surface area contributed by atoms with Gasteiger partial charge in [0.15, 0.2) is 10.8 Å². The first kappa shape index (κ1) is 19.3. The van der Waals surface area contributed by atoms with Gasteiger partial charge in [-0.2, -0.15) is 4.98 Å². The molecule has 0 aliphatic carbocycles. The second kappa shape index (κ2) is 8.18. The summed E-state index contributed by atoms with van der Waals surface area (Å²) in [5, 5.41) is 5.71. The highest BCUT2D eigenvalue weighted by molar-refractivity contribution is 7.98. The molecule has 0 spiro atoms. The lowest BCUT2D eigenvalue weighted by molar-refractivity contribution is 0.0463. The summed E-state index contributed by atoms with van der Waals surface area (Å²) >= 11 is 2.79. The molecular weight excluding hydrogens is 412 g/mol. The van der Waals surface area contributed by atoms with Crippen LogP contribution >= 0.6 is 23.1 Å². The molecule has 0 aliphatic rings. The van der Waals surface area contributed by atoms with Gasteiger partial charge in [0, 0.05) is 29.0 Å². The van der Waals surface area contributed by atoms with Crippen LogP contribution in [0.15, 0.2) is 49.9 Å². The molecule has 0 unspecified atom stereocenters. The third kappa shape index (κ3) is 4.22. The molecule has 0 saturated carbocycles. The van der Waals surface area contributed by atoms with Crippen molar-refractivity contribution in [2.24, 2.45) is 0 Å². The van der Waals surface area contributed by atoms with Gasteiger partial charge in [-0.25, -0.2) is 9.78 Å². The lowest BCUT2D eigenvalue weighted by atomic mass is 10.2. The third-order valence-corrected chi connectivity index (χ3v) is 6.03. The van der Waals surface area contributed by atoms with Crippen LogP contribution in [0, 0.1) is 13.8 Å². The molecule has 148 valence electrons. The maximum atomic E-state index is 12.6. The van der Waals surface area contributed by atoms with Crippen LogP contribution < -0.4 is 5.56 Å². The second-order valence-electron chi connectivity index (χ2n) is 6.17. The molecule has 3 heterocycles. The van der Waals surface area contributed by atoms with Crippen LogP contribution in [0.25, 0.3) is 4.96 Å². The van der Waals surface area contributed by atoms with Crippen molar-refractivity contribution >= 4 is 34.0 Å². The quantitative estimate of drug-likeness (QED) is 0.340. The Kier molecular flexibility index (Phi) is 5.45. The molecule has 0 atom stereocenters. The minimum atomic E-state index is -0.484. The van der Waals surface area contributed by atoms with E-state index in [-0.39, 0.29) is 12.2 Å². The van der Waals surface area contributed by atoms with Crippen molar-refractivity contribution < 1.29 is 14.1 Å². The highest BCUT2D eigenvalue weighted by Gasteiger charge is 2.15. The van der Waals surface area contributed by atoms with Gasteiger partial charge < -0.3 is 9.26 Å². The number of esters is 1. The summed E-state index contributed by atoms with van der Waals surface area (Å²) in [7, 11) is 0. The Bertz CT molecular complexity index is 1240. The fraction of sp³-hybridized carbons (Fsp3) is 0.211. The van der Waals surface area contributed by atoms with E-state index in [0.29, 0.717) is 33.7 Å². The van der Waals surface area contributed by atoms with Crippen molar-refractivity contribution in [1.82, 2.24) is 19.5 Å². The van der Waals surface area contributed by atoms with Gasteiger partial charge in [0.05, 0.1) is 17.0 Å². The Morgan fingerprint density at radius 2 is 2.10 bits per heavy atom. The van der Waals surface area contributed by atoms with Gasteiger partial charge in [0.1, 0.15) is 6.61 Å². The zero-order valence-corrected chi connectivity index (χ0v) is 17.2. The summed E-state index contributed by atoms with van der Waals surface area (Å²) in [6.07, 6.45) is 0. The average Bonchev–Trinajstić information content (AvgIpc) is 3.30. The van der Waals surface area contributed by atoms with E-state index in [0.717, 1.165) is 10.6 Å². The highest BCUT2D eigenvalue weighted by atomic mass is 32.2. The van der Waals surface area contributed by atoms with Crippen LogP contribution in [0.1, 0.15) is 33.5 Å². The smallest absolute Gasteiger partial charge is 0.339 e. The number of nitrogens with zero attached hydrogens (tertiary/aromatic N) is 4. The largest absolute Gasteiger partial charge is 0.456 e. The molecule has 0 fully saturated rings. The summed E-state index contributed by atoms with van der Waals surface area (Å²) in [5.74, 6) is 1.03. The van der Waals surface area contributed by atoms with Crippen molar-refractivity contribution in [3.05, 3.63) is 74.7 Å². The first-order valence-corrected chi connectivity index (χ1v) is 10.5. The van der Waals surface area contributed by atoms with E-state index in [9.17, 15) is 9.59 Å². The van der Waals surface area contributed by atoms with Gasteiger partial charge >= 0.3 is 5.97 Å². The van der Waals surface area contributed by atoms with Crippen molar-refractivity contribution in [1.29, 1.82) is 0 Å². The van der Waals surface area contributed by atoms with Crippen molar-refractivity contribution in [2.75, 3.05) is 0 Å². The van der Waals surface area contributed by atoms with Crippen molar-refractivity contribution in [3.63, 3.8) is 0 Å². The van der Waals surface area contributed by atoms with Gasteiger partial charge in [-0.05, 0) is 19.1 Å². The molecule has 8 nitrogen and oxygen atoms in total. The summed E-state index contributed by atoms with van der Waals surface area (Å²) < 4.78 is 11.9. The van der Waals surface area contributed by atoms with Crippen LogP contribution in [-0.4, -0.2) is 25.5 Å². The van der Waals surface area contributed by atoms with Crippen LogP contribution in [0.3, 0.4) is 0 Å². The minimum Gasteiger partial charge on any atom is -0.456 e. The van der Waals surface area contributed by atoms with Gasteiger partial charge in [-0.15, -0.1) is 23.1 Å². The number of fused-ring (bicyclic) bond motifs is 1. The summed E-state index contributed by atoms with van der Waals surface area (Å²) in [4.78, 5) is 34.7. The molecule has 29 heavy (non-hydrogen) atoms. The van der Waals surface area contributed by atoms with Gasteiger partial charge in [0.2, 0.25) is 5.89 Å². The van der Waals surface area contributed by atoms with E-state index in [1.807, 2.05) is 24.4 Å². The maximum absolute atomic E-state index is 12.6. The van der Waals surface area contributed by atoms with Crippen LogP contribution in [0.2, 0.25) is 0 Å². The fourth-order valence-corrected chi connectivity index (χ4v) is 4.47. The standard InChI is InChI=1S/C19H16N4O4S2/c1-11-9-29-19-21-13(7-17(24)23(11)19)8-26-18(25)14-5-3-4-6-15(14)28-10-16-20-12(2)27-22-16/h3-7,9H,8,10H2,1-2H3. The third-order valence-electron chi connectivity index (χ3n) is 4.01. The molecule has 0 bridgehead atoms. The number of carbonyl (C=O) groups is 1. The molecule has 0 aliphatic heterocycles. The predicted molar refractivity (Wildman–Crippen MR) is 108 cm³/mol.